The van der Waals surface area contributed by atoms with E-state index in [1.165, 1.54) is 18.9 Å². The summed E-state index contributed by atoms with van der Waals surface area (Å²) in [7, 11) is -1.56. The zero-order chi connectivity index (χ0) is 10.1. The Hall–Kier alpha value is 0.527. The zero-order valence-electron chi connectivity index (χ0n) is 9.26. The van der Waals surface area contributed by atoms with Crippen LogP contribution >= 0.6 is 12.6 Å². The molecule has 3 heteroatoms. The van der Waals surface area contributed by atoms with Crippen molar-refractivity contribution in [2.75, 3.05) is 0 Å². The lowest BCUT2D eigenvalue weighted by Crippen LogP contribution is -2.56. The van der Waals surface area contributed by atoms with Gasteiger partial charge in [0.25, 0.3) is 0 Å². The molecule has 0 radical (unpaired) electrons. The van der Waals surface area contributed by atoms with E-state index in [4.69, 9.17) is 17.1 Å². The average Bonchev–Trinajstić information content (AvgIpc) is 2.03. The second-order valence-corrected chi connectivity index (χ2v) is 10.4. The van der Waals surface area contributed by atoms with Crippen molar-refractivity contribution < 1.29 is 4.43 Å². The van der Waals surface area contributed by atoms with Crippen LogP contribution in [0.25, 0.3) is 0 Å². The standard InChI is InChI=1S/C10H22OSSi/c1-5-10(3,12)13(4)8-6-7-9(2)11-13/h9,12H,5-8H2,1-4H3. The molecule has 0 aliphatic carbocycles. The maximum Gasteiger partial charge on any atom is 0.205 e. The Bertz CT molecular complexity index is 184. The highest BCUT2D eigenvalue weighted by atomic mass is 32.1. The Kier molecular flexibility index (Phi) is 3.53. The van der Waals surface area contributed by atoms with Gasteiger partial charge >= 0.3 is 0 Å². The molecule has 1 aliphatic heterocycles. The SMILES string of the molecule is CCC(C)(S)[Si]1(C)CCCC(C)O1. The lowest BCUT2D eigenvalue weighted by Gasteiger charge is -2.45. The molecule has 1 fully saturated rings. The van der Waals surface area contributed by atoms with Gasteiger partial charge in [0, 0.05) is 10.5 Å². The van der Waals surface area contributed by atoms with E-state index in [1.54, 1.807) is 0 Å². The van der Waals surface area contributed by atoms with Gasteiger partial charge in [0.05, 0.1) is 0 Å². The molecule has 3 atom stereocenters. The molecule has 0 N–H and O–H groups in total. The molecule has 0 aromatic heterocycles. The monoisotopic (exact) mass is 218 g/mol. The first-order valence-electron chi connectivity index (χ1n) is 5.31. The van der Waals surface area contributed by atoms with Gasteiger partial charge in [-0.25, -0.2) is 0 Å². The van der Waals surface area contributed by atoms with Crippen molar-refractivity contribution in [1.82, 2.24) is 0 Å². The summed E-state index contributed by atoms with van der Waals surface area (Å²) in [5.41, 5.74) is 0. The number of rotatable bonds is 2. The summed E-state index contributed by atoms with van der Waals surface area (Å²) in [4.78, 5) is 0. The van der Waals surface area contributed by atoms with Crippen LogP contribution in [0, 0.1) is 0 Å². The Morgan fingerprint density at radius 2 is 2.23 bits per heavy atom. The first kappa shape index (κ1) is 11.6. The predicted octanol–water partition coefficient (Wildman–Crippen LogP) is 3.40. The van der Waals surface area contributed by atoms with E-state index in [0.717, 1.165) is 6.42 Å². The van der Waals surface area contributed by atoms with Gasteiger partial charge in [-0.3, -0.25) is 0 Å². The smallest absolute Gasteiger partial charge is 0.205 e. The van der Waals surface area contributed by atoms with Gasteiger partial charge in [0.15, 0.2) is 0 Å². The largest absolute Gasteiger partial charge is 0.413 e. The molecule has 1 nitrogen and oxygen atoms in total. The topological polar surface area (TPSA) is 9.23 Å². The molecule has 0 aromatic rings. The Morgan fingerprint density at radius 3 is 2.69 bits per heavy atom. The van der Waals surface area contributed by atoms with Crippen molar-refractivity contribution in [3.8, 4) is 0 Å². The van der Waals surface area contributed by atoms with Crippen LogP contribution in [0.1, 0.15) is 40.0 Å². The highest BCUT2D eigenvalue weighted by molar-refractivity contribution is 7.84. The van der Waals surface area contributed by atoms with E-state index in [9.17, 15) is 0 Å². The van der Waals surface area contributed by atoms with Crippen LogP contribution in [0.3, 0.4) is 0 Å². The van der Waals surface area contributed by atoms with Gasteiger partial charge in [-0.05, 0) is 32.4 Å². The number of hydrogen-bond donors (Lipinski definition) is 1. The van der Waals surface area contributed by atoms with Crippen LogP contribution in [0.2, 0.25) is 12.6 Å². The quantitative estimate of drug-likeness (QED) is 0.552. The van der Waals surface area contributed by atoms with Crippen molar-refractivity contribution in [2.45, 2.75) is 63.1 Å². The third-order valence-electron chi connectivity index (χ3n) is 3.55. The summed E-state index contributed by atoms with van der Waals surface area (Å²) in [6.07, 6.45) is 4.14. The minimum atomic E-state index is -1.56. The fourth-order valence-corrected chi connectivity index (χ4v) is 6.10. The Labute approximate surface area is 88.8 Å². The highest BCUT2D eigenvalue weighted by Gasteiger charge is 2.47. The van der Waals surface area contributed by atoms with Crippen molar-refractivity contribution in [3.05, 3.63) is 0 Å². The third kappa shape index (κ3) is 2.31. The van der Waals surface area contributed by atoms with Crippen molar-refractivity contribution in [2.24, 2.45) is 0 Å². The van der Waals surface area contributed by atoms with Gasteiger partial charge in [0.1, 0.15) is 0 Å². The van der Waals surface area contributed by atoms with E-state index in [1.807, 2.05) is 0 Å². The first-order valence-corrected chi connectivity index (χ1v) is 8.38. The summed E-state index contributed by atoms with van der Waals surface area (Å²) in [5, 5.41) is 0. The molecule has 0 saturated carbocycles. The molecule has 1 heterocycles. The summed E-state index contributed by atoms with van der Waals surface area (Å²) in [5.74, 6) is 0. The van der Waals surface area contributed by atoms with Crippen molar-refractivity contribution in [1.29, 1.82) is 0 Å². The van der Waals surface area contributed by atoms with Crippen LogP contribution < -0.4 is 0 Å². The summed E-state index contributed by atoms with van der Waals surface area (Å²) < 4.78 is 6.33. The Balaban J connectivity index is 2.74. The molecular weight excluding hydrogens is 196 g/mol. The molecule has 0 spiro atoms. The third-order valence-corrected chi connectivity index (χ3v) is 10.2. The zero-order valence-corrected chi connectivity index (χ0v) is 11.2. The molecule has 1 aliphatic rings. The average molecular weight is 218 g/mol. The van der Waals surface area contributed by atoms with E-state index >= 15 is 0 Å². The van der Waals surface area contributed by atoms with Crippen LogP contribution in [0.5, 0.6) is 0 Å². The molecule has 0 bridgehead atoms. The molecule has 0 amide bonds. The molecule has 0 aromatic carbocycles. The molecule has 78 valence electrons. The van der Waals surface area contributed by atoms with E-state index in [0.29, 0.717) is 6.10 Å². The maximum absolute atomic E-state index is 6.19. The summed E-state index contributed by atoms with van der Waals surface area (Å²) >= 11 is 4.79. The molecule has 1 rings (SSSR count). The molecule has 1 saturated heterocycles. The van der Waals surface area contributed by atoms with Gasteiger partial charge < -0.3 is 4.43 Å². The minimum absolute atomic E-state index is 0.141. The van der Waals surface area contributed by atoms with Gasteiger partial charge in [-0.2, -0.15) is 12.6 Å². The fourth-order valence-electron chi connectivity index (χ4n) is 2.06. The fraction of sp³-hybridized carbons (Fsp3) is 1.00. The lowest BCUT2D eigenvalue weighted by molar-refractivity contribution is 0.169. The first-order chi connectivity index (χ1) is 5.91. The van der Waals surface area contributed by atoms with Gasteiger partial charge in [0.2, 0.25) is 8.32 Å². The maximum atomic E-state index is 6.19. The molecule has 13 heavy (non-hydrogen) atoms. The summed E-state index contributed by atoms with van der Waals surface area (Å²) in [6.45, 7) is 9.01. The second-order valence-electron chi connectivity index (χ2n) is 4.68. The molecular formula is C10H22OSSi. The van der Waals surface area contributed by atoms with Gasteiger partial charge in [-0.15, -0.1) is 0 Å². The summed E-state index contributed by atoms with van der Waals surface area (Å²) in [6, 6.07) is 1.28. The van der Waals surface area contributed by atoms with Crippen LogP contribution in [-0.4, -0.2) is 18.8 Å². The lowest BCUT2D eigenvalue weighted by atomic mass is 10.2. The number of hydrogen-bond acceptors (Lipinski definition) is 2. The predicted molar refractivity (Wildman–Crippen MR) is 63.9 cm³/mol. The normalized spacial score (nSPS) is 39.9. The van der Waals surface area contributed by atoms with Gasteiger partial charge in [-0.1, -0.05) is 20.3 Å². The minimum Gasteiger partial charge on any atom is -0.413 e. The molecule has 3 unspecified atom stereocenters. The Morgan fingerprint density at radius 1 is 1.62 bits per heavy atom. The number of thiol groups is 1. The van der Waals surface area contributed by atoms with Crippen LogP contribution in [-0.2, 0) is 4.43 Å². The van der Waals surface area contributed by atoms with Crippen molar-refractivity contribution in [3.63, 3.8) is 0 Å². The van der Waals surface area contributed by atoms with E-state index in [-0.39, 0.29) is 4.37 Å². The van der Waals surface area contributed by atoms with E-state index in [2.05, 4.69) is 27.3 Å². The van der Waals surface area contributed by atoms with Crippen LogP contribution in [0.15, 0.2) is 0 Å². The van der Waals surface area contributed by atoms with E-state index < -0.39 is 8.32 Å². The van der Waals surface area contributed by atoms with Crippen LogP contribution in [0.4, 0.5) is 0 Å². The second kappa shape index (κ2) is 3.95. The van der Waals surface area contributed by atoms with Crippen molar-refractivity contribution >= 4 is 20.9 Å². The highest BCUT2D eigenvalue weighted by Crippen LogP contribution is 2.39.